The smallest absolute Gasteiger partial charge is 0.250 e. The van der Waals surface area contributed by atoms with Crippen molar-refractivity contribution in [1.82, 2.24) is 4.98 Å². The van der Waals surface area contributed by atoms with Crippen LogP contribution in [0.5, 0.6) is 0 Å². The first-order valence-corrected chi connectivity index (χ1v) is 5.34. The molecule has 2 N–H and O–H groups in total. The number of carbonyl (C=O) groups is 1. The van der Waals surface area contributed by atoms with Crippen LogP contribution in [0.25, 0.3) is 0 Å². The van der Waals surface area contributed by atoms with Crippen molar-refractivity contribution in [2.24, 2.45) is 5.73 Å². The Hall–Kier alpha value is -1.38. The second-order valence-corrected chi connectivity index (χ2v) is 2.49. The summed E-state index contributed by atoms with van der Waals surface area (Å²) >= 11 is 0. The van der Waals surface area contributed by atoms with Crippen molar-refractivity contribution in [2.45, 2.75) is 41.5 Å². The second kappa shape index (κ2) is 9.19. The van der Waals surface area contributed by atoms with E-state index in [2.05, 4.69) is 4.98 Å². The number of hydrogen-bond acceptors (Lipinski definition) is 2. The average Bonchev–Trinajstić information content (AvgIpc) is 2.27. The fourth-order valence-corrected chi connectivity index (χ4v) is 0.878. The lowest BCUT2D eigenvalue weighted by molar-refractivity contribution is 0.0999. The van der Waals surface area contributed by atoms with Gasteiger partial charge in [0.05, 0.1) is 5.56 Å². The molecule has 15 heavy (non-hydrogen) atoms. The Morgan fingerprint density at radius 1 is 1.13 bits per heavy atom. The molecule has 1 heterocycles. The third kappa shape index (κ3) is 5.15. The van der Waals surface area contributed by atoms with Crippen molar-refractivity contribution in [2.75, 3.05) is 0 Å². The van der Waals surface area contributed by atoms with Crippen molar-refractivity contribution in [3.8, 4) is 0 Å². The van der Waals surface area contributed by atoms with E-state index in [0.29, 0.717) is 5.56 Å². The summed E-state index contributed by atoms with van der Waals surface area (Å²) < 4.78 is 0. The van der Waals surface area contributed by atoms with Crippen LogP contribution in [-0.2, 0) is 0 Å². The molecule has 3 nitrogen and oxygen atoms in total. The minimum absolute atomic E-state index is 0.418. The predicted molar refractivity (Wildman–Crippen MR) is 64.9 cm³/mol. The van der Waals surface area contributed by atoms with E-state index in [9.17, 15) is 4.79 Å². The maximum atomic E-state index is 10.8. The van der Waals surface area contributed by atoms with E-state index in [4.69, 9.17) is 5.73 Å². The van der Waals surface area contributed by atoms with Gasteiger partial charge in [-0.05, 0) is 25.0 Å². The molecule has 3 heteroatoms. The van der Waals surface area contributed by atoms with Crippen LogP contribution >= 0.6 is 0 Å². The van der Waals surface area contributed by atoms with Crippen LogP contribution in [0.3, 0.4) is 0 Å². The van der Waals surface area contributed by atoms with Gasteiger partial charge in [0.2, 0.25) is 0 Å². The molecule has 0 aliphatic heterocycles. The zero-order chi connectivity index (χ0) is 12.4. The molecule has 0 unspecified atom stereocenters. The van der Waals surface area contributed by atoms with Crippen LogP contribution in [0, 0.1) is 13.8 Å². The number of carbonyl (C=O) groups excluding carboxylic acids is 1. The summed E-state index contributed by atoms with van der Waals surface area (Å²) in [6.45, 7) is 11.8. The van der Waals surface area contributed by atoms with Gasteiger partial charge in [-0.3, -0.25) is 9.78 Å². The Kier molecular flexibility index (Phi) is 9.84. The minimum atomic E-state index is -0.418. The van der Waals surface area contributed by atoms with Crippen LogP contribution in [-0.4, -0.2) is 10.9 Å². The molecule has 1 aromatic heterocycles. The molecule has 0 saturated carbocycles. The van der Waals surface area contributed by atoms with E-state index in [0.717, 1.165) is 11.1 Å². The normalized spacial score (nSPS) is 7.87. The Bertz CT molecular complexity index is 296. The number of amides is 1. The lowest BCUT2D eigenvalue weighted by Gasteiger charge is -2.02. The molecule has 1 aromatic rings. The molecule has 0 fully saturated rings. The van der Waals surface area contributed by atoms with Crippen LogP contribution in [0.1, 0.15) is 49.2 Å². The number of primary amides is 1. The van der Waals surface area contributed by atoms with E-state index in [1.54, 1.807) is 6.20 Å². The molecular formula is C12H22N2O. The number of aryl methyl sites for hydroxylation is 1. The standard InChI is InChI=1S/C8H10N2O.2C2H6/c1-5-3-10-4-7(6(5)2)8(9)11;2*1-2/h3-4H,1-2H3,(H2,9,11);2*1-2H3. The Morgan fingerprint density at radius 3 is 1.93 bits per heavy atom. The Morgan fingerprint density at radius 2 is 1.60 bits per heavy atom. The van der Waals surface area contributed by atoms with Gasteiger partial charge in [0.15, 0.2) is 0 Å². The highest BCUT2D eigenvalue weighted by Crippen LogP contribution is 2.09. The Balaban J connectivity index is 0. The molecule has 0 saturated heterocycles. The van der Waals surface area contributed by atoms with E-state index in [1.165, 1.54) is 6.20 Å². The summed E-state index contributed by atoms with van der Waals surface area (Å²) in [6.07, 6.45) is 3.20. The van der Waals surface area contributed by atoms with E-state index in [-0.39, 0.29) is 0 Å². The maximum absolute atomic E-state index is 10.8. The quantitative estimate of drug-likeness (QED) is 0.774. The van der Waals surface area contributed by atoms with Crippen molar-refractivity contribution >= 4 is 5.91 Å². The second-order valence-electron chi connectivity index (χ2n) is 2.49. The molecule has 0 aliphatic carbocycles. The topological polar surface area (TPSA) is 56.0 Å². The van der Waals surface area contributed by atoms with Gasteiger partial charge in [-0.15, -0.1) is 0 Å². The number of rotatable bonds is 1. The maximum Gasteiger partial charge on any atom is 0.250 e. The SMILES string of the molecule is CC.CC.Cc1cncc(C(N)=O)c1C. The summed E-state index contributed by atoms with van der Waals surface area (Å²) in [4.78, 5) is 14.6. The summed E-state index contributed by atoms with van der Waals surface area (Å²) in [5, 5.41) is 0. The van der Waals surface area contributed by atoms with Gasteiger partial charge in [-0.25, -0.2) is 0 Å². The molecule has 1 rings (SSSR count). The molecule has 0 aromatic carbocycles. The van der Waals surface area contributed by atoms with Crippen LogP contribution in [0.2, 0.25) is 0 Å². The molecule has 0 radical (unpaired) electrons. The van der Waals surface area contributed by atoms with Gasteiger partial charge in [-0.2, -0.15) is 0 Å². The highest BCUT2D eigenvalue weighted by atomic mass is 16.1. The van der Waals surface area contributed by atoms with E-state index >= 15 is 0 Å². The molecule has 86 valence electrons. The number of aromatic nitrogens is 1. The molecule has 1 amide bonds. The summed E-state index contributed by atoms with van der Waals surface area (Å²) in [5.41, 5.74) is 7.51. The first-order chi connectivity index (χ1) is 7.13. The Labute approximate surface area is 92.7 Å². The van der Waals surface area contributed by atoms with Crippen LogP contribution in [0.15, 0.2) is 12.4 Å². The van der Waals surface area contributed by atoms with Crippen LogP contribution < -0.4 is 5.73 Å². The average molecular weight is 210 g/mol. The third-order valence-electron chi connectivity index (χ3n) is 1.73. The third-order valence-corrected chi connectivity index (χ3v) is 1.73. The van der Waals surface area contributed by atoms with Crippen LogP contribution in [0.4, 0.5) is 0 Å². The summed E-state index contributed by atoms with van der Waals surface area (Å²) in [6, 6.07) is 0. The lowest BCUT2D eigenvalue weighted by Crippen LogP contribution is -2.13. The number of hydrogen-bond donors (Lipinski definition) is 1. The van der Waals surface area contributed by atoms with Crippen molar-refractivity contribution in [3.63, 3.8) is 0 Å². The summed E-state index contributed by atoms with van der Waals surface area (Å²) in [7, 11) is 0. The lowest BCUT2D eigenvalue weighted by atomic mass is 10.1. The largest absolute Gasteiger partial charge is 0.366 e. The zero-order valence-electron chi connectivity index (χ0n) is 10.6. The van der Waals surface area contributed by atoms with Gasteiger partial charge in [-0.1, -0.05) is 27.7 Å². The van der Waals surface area contributed by atoms with Gasteiger partial charge in [0, 0.05) is 12.4 Å². The number of nitrogens with zero attached hydrogens (tertiary/aromatic N) is 1. The minimum Gasteiger partial charge on any atom is -0.366 e. The van der Waals surface area contributed by atoms with Gasteiger partial charge < -0.3 is 5.73 Å². The fourth-order valence-electron chi connectivity index (χ4n) is 0.878. The van der Waals surface area contributed by atoms with Crippen molar-refractivity contribution in [1.29, 1.82) is 0 Å². The van der Waals surface area contributed by atoms with Crippen molar-refractivity contribution in [3.05, 3.63) is 29.1 Å². The van der Waals surface area contributed by atoms with Gasteiger partial charge in [0.1, 0.15) is 0 Å². The molecule has 0 spiro atoms. The first kappa shape index (κ1) is 16.1. The monoisotopic (exact) mass is 210 g/mol. The molecular weight excluding hydrogens is 188 g/mol. The highest BCUT2D eigenvalue weighted by molar-refractivity contribution is 5.94. The number of nitrogens with two attached hydrogens (primary N) is 1. The molecule has 0 bridgehead atoms. The molecule has 0 aliphatic rings. The highest BCUT2D eigenvalue weighted by Gasteiger charge is 2.05. The first-order valence-electron chi connectivity index (χ1n) is 5.34. The number of pyridine rings is 1. The molecule has 0 atom stereocenters. The van der Waals surface area contributed by atoms with E-state index in [1.807, 2.05) is 41.5 Å². The zero-order valence-corrected chi connectivity index (χ0v) is 10.6. The summed E-state index contributed by atoms with van der Waals surface area (Å²) in [5.74, 6) is -0.418. The van der Waals surface area contributed by atoms with Crippen molar-refractivity contribution < 1.29 is 4.79 Å². The predicted octanol–water partition coefficient (Wildman–Crippen LogP) is 2.85. The van der Waals surface area contributed by atoms with Gasteiger partial charge in [0.25, 0.3) is 5.91 Å². The van der Waals surface area contributed by atoms with E-state index < -0.39 is 5.91 Å². The fraction of sp³-hybridized carbons (Fsp3) is 0.500. The van der Waals surface area contributed by atoms with Gasteiger partial charge >= 0.3 is 0 Å².